The van der Waals surface area contributed by atoms with Gasteiger partial charge in [0.15, 0.2) is 0 Å². The fourth-order valence-corrected chi connectivity index (χ4v) is 2.15. The fraction of sp³-hybridized carbons (Fsp3) is 0.583. The van der Waals surface area contributed by atoms with E-state index in [2.05, 4.69) is 28.9 Å². The minimum atomic E-state index is 0.580. The van der Waals surface area contributed by atoms with Crippen LogP contribution in [-0.2, 0) is 12.3 Å². The van der Waals surface area contributed by atoms with Crippen molar-refractivity contribution in [3.8, 4) is 0 Å². The van der Waals surface area contributed by atoms with Gasteiger partial charge >= 0.3 is 0 Å². The molecule has 0 bridgehead atoms. The quantitative estimate of drug-likeness (QED) is 0.734. The predicted molar refractivity (Wildman–Crippen MR) is 64.6 cm³/mol. The van der Waals surface area contributed by atoms with Crippen LogP contribution < -0.4 is 4.90 Å². The molecule has 0 atom stereocenters. The van der Waals surface area contributed by atoms with Crippen LogP contribution >= 0.6 is 11.6 Å². The highest BCUT2D eigenvalue weighted by Gasteiger charge is 2.14. The van der Waals surface area contributed by atoms with Crippen molar-refractivity contribution in [2.24, 2.45) is 0 Å². The van der Waals surface area contributed by atoms with Gasteiger partial charge in [-0.25, -0.2) is 4.98 Å². The van der Waals surface area contributed by atoms with Gasteiger partial charge in [0.25, 0.3) is 0 Å². The van der Waals surface area contributed by atoms with Crippen LogP contribution in [0.15, 0.2) is 12.1 Å². The SMILES string of the molecule is CCc1cc(CCl)cc(N2CCCC2)n1. The number of nitrogens with zero attached hydrogens (tertiary/aromatic N) is 2. The Kier molecular flexibility index (Phi) is 3.47. The molecule has 1 aromatic rings. The summed E-state index contributed by atoms with van der Waals surface area (Å²) in [7, 11) is 0. The van der Waals surface area contributed by atoms with Gasteiger partial charge in [0.05, 0.1) is 0 Å². The van der Waals surface area contributed by atoms with Gasteiger partial charge in [0.1, 0.15) is 5.82 Å². The van der Waals surface area contributed by atoms with Crippen LogP contribution in [0.25, 0.3) is 0 Å². The van der Waals surface area contributed by atoms with E-state index in [1.165, 1.54) is 18.4 Å². The maximum absolute atomic E-state index is 5.89. The van der Waals surface area contributed by atoms with E-state index in [0.717, 1.165) is 31.0 Å². The van der Waals surface area contributed by atoms with E-state index in [4.69, 9.17) is 11.6 Å². The molecule has 2 rings (SSSR count). The highest BCUT2D eigenvalue weighted by Crippen LogP contribution is 2.21. The summed E-state index contributed by atoms with van der Waals surface area (Å²) >= 11 is 5.89. The monoisotopic (exact) mass is 224 g/mol. The summed E-state index contributed by atoms with van der Waals surface area (Å²) in [6, 6.07) is 4.23. The molecule has 1 aliphatic rings. The molecule has 0 radical (unpaired) electrons. The first-order valence-corrected chi connectivity index (χ1v) is 6.17. The summed E-state index contributed by atoms with van der Waals surface area (Å²) in [5.41, 5.74) is 2.33. The van der Waals surface area contributed by atoms with Crippen molar-refractivity contribution in [3.05, 3.63) is 23.4 Å². The Bertz CT molecular complexity index is 310. The summed E-state index contributed by atoms with van der Waals surface area (Å²) < 4.78 is 0. The van der Waals surface area contributed by atoms with Gasteiger partial charge in [-0.15, -0.1) is 11.6 Å². The summed E-state index contributed by atoms with van der Waals surface area (Å²) in [6.07, 6.45) is 3.55. The average molecular weight is 225 g/mol. The molecular weight excluding hydrogens is 208 g/mol. The van der Waals surface area contributed by atoms with Gasteiger partial charge in [-0.3, -0.25) is 0 Å². The van der Waals surface area contributed by atoms with Gasteiger partial charge < -0.3 is 4.90 Å². The van der Waals surface area contributed by atoms with Crippen molar-refractivity contribution in [3.63, 3.8) is 0 Å². The number of rotatable bonds is 3. The lowest BCUT2D eigenvalue weighted by Crippen LogP contribution is -2.19. The molecule has 3 heteroatoms. The van der Waals surface area contributed by atoms with Crippen molar-refractivity contribution in [1.82, 2.24) is 4.98 Å². The van der Waals surface area contributed by atoms with Crippen molar-refractivity contribution in [2.45, 2.75) is 32.1 Å². The summed E-state index contributed by atoms with van der Waals surface area (Å²) in [5.74, 6) is 1.69. The highest BCUT2D eigenvalue weighted by molar-refractivity contribution is 6.17. The zero-order valence-corrected chi connectivity index (χ0v) is 9.93. The first kappa shape index (κ1) is 10.7. The first-order chi connectivity index (χ1) is 7.33. The number of alkyl halides is 1. The van der Waals surface area contributed by atoms with E-state index in [-0.39, 0.29) is 0 Å². The summed E-state index contributed by atoms with van der Waals surface area (Å²) in [5, 5.41) is 0. The molecule has 0 unspecified atom stereocenters. The Labute approximate surface area is 96.3 Å². The second kappa shape index (κ2) is 4.84. The normalized spacial score (nSPS) is 16.0. The standard InChI is InChI=1S/C12H17ClN2/c1-2-11-7-10(9-13)8-12(14-11)15-5-3-4-6-15/h7-8H,2-6,9H2,1H3. The topological polar surface area (TPSA) is 16.1 Å². The van der Waals surface area contributed by atoms with Crippen molar-refractivity contribution in [2.75, 3.05) is 18.0 Å². The zero-order chi connectivity index (χ0) is 10.7. The third-order valence-corrected chi connectivity index (χ3v) is 3.18. The Morgan fingerprint density at radius 1 is 1.33 bits per heavy atom. The smallest absolute Gasteiger partial charge is 0.129 e. The lowest BCUT2D eigenvalue weighted by atomic mass is 10.2. The molecule has 0 aliphatic carbocycles. The van der Waals surface area contributed by atoms with Crippen molar-refractivity contribution in [1.29, 1.82) is 0 Å². The molecule has 1 aromatic heterocycles. The van der Waals surface area contributed by atoms with Gasteiger partial charge in [-0.1, -0.05) is 6.92 Å². The first-order valence-electron chi connectivity index (χ1n) is 5.64. The number of hydrogen-bond acceptors (Lipinski definition) is 2. The van der Waals surface area contributed by atoms with Crippen LogP contribution in [0.3, 0.4) is 0 Å². The van der Waals surface area contributed by atoms with Crippen LogP contribution in [0.4, 0.5) is 5.82 Å². The van der Waals surface area contributed by atoms with Gasteiger partial charge in [0.2, 0.25) is 0 Å². The van der Waals surface area contributed by atoms with Gasteiger partial charge in [-0.2, -0.15) is 0 Å². The Hall–Kier alpha value is -0.760. The number of aromatic nitrogens is 1. The molecule has 0 aromatic carbocycles. The van der Waals surface area contributed by atoms with E-state index < -0.39 is 0 Å². The van der Waals surface area contributed by atoms with Crippen LogP contribution in [0.2, 0.25) is 0 Å². The second-order valence-corrected chi connectivity index (χ2v) is 4.27. The molecular formula is C12H17ClN2. The molecule has 2 nitrogen and oxygen atoms in total. The van der Waals surface area contributed by atoms with E-state index >= 15 is 0 Å². The summed E-state index contributed by atoms with van der Waals surface area (Å²) in [6.45, 7) is 4.41. The van der Waals surface area contributed by atoms with Crippen molar-refractivity contribution >= 4 is 17.4 Å². The molecule has 82 valence electrons. The number of halogens is 1. The molecule has 0 N–H and O–H groups in total. The maximum atomic E-state index is 5.89. The molecule has 1 aliphatic heterocycles. The third kappa shape index (κ3) is 2.43. The van der Waals surface area contributed by atoms with Crippen LogP contribution in [0.1, 0.15) is 31.0 Å². The Morgan fingerprint density at radius 3 is 2.67 bits per heavy atom. The molecule has 15 heavy (non-hydrogen) atoms. The van der Waals surface area contributed by atoms with Gasteiger partial charge in [0, 0.05) is 24.7 Å². The third-order valence-electron chi connectivity index (χ3n) is 2.87. The zero-order valence-electron chi connectivity index (χ0n) is 9.17. The minimum absolute atomic E-state index is 0.580. The number of anilines is 1. The maximum Gasteiger partial charge on any atom is 0.129 e. The van der Waals surface area contributed by atoms with E-state index in [1.807, 2.05) is 0 Å². The highest BCUT2D eigenvalue weighted by atomic mass is 35.5. The predicted octanol–water partition coefficient (Wildman–Crippen LogP) is 2.98. The minimum Gasteiger partial charge on any atom is -0.357 e. The molecule has 0 amide bonds. The molecule has 0 spiro atoms. The molecule has 2 heterocycles. The van der Waals surface area contributed by atoms with Crippen molar-refractivity contribution < 1.29 is 0 Å². The van der Waals surface area contributed by atoms with E-state index in [9.17, 15) is 0 Å². The van der Waals surface area contributed by atoms with E-state index in [0.29, 0.717) is 5.88 Å². The van der Waals surface area contributed by atoms with Crippen LogP contribution in [0.5, 0.6) is 0 Å². The number of hydrogen-bond donors (Lipinski definition) is 0. The Balaban J connectivity index is 2.28. The molecule has 0 saturated carbocycles. The second-order valence-electron chi connectivity index (χ2n) is 4.01. The fourth-order valence-electron chi connectivity index (χ4n) is 2.00. The average Bonchev–Trinajstić information content (AvgIpc) is 2.81. The Morgan fingerprint density at radius 2 is 2.07 bits per heavy atom. The lowest BCUT2D eigenvalue weighted by molar-refractivity contribution is 0.909. The molecule has 1 saturated heterocycles. The van der Waals surface area contributed by atoms with Gasteiger partial charge in [-0.05, 0) is 37.0 Å². The number of aryl methyl sites for hydroxylation is 1. The summed E-state index contributed by atoms with van der Waals surface area (Å²) in [4.78, 5) is 7.01. The lowest BCUT2D eigenvalue weighted by Gasteiger charge is -2.17. The molecule has 1 fully saturated rings. The van der Waals surface area contributed by atoms with Crippen LogP contribution in [-0.4, -0.2) is 18.1 Å². The van der Waals surface area contributed by atoms with E-state index in [1.54, 1.807) is 0 Å². The number of pyridine rings is 1. The largest absolute Gasteiger partial charge is 0.357 e. The van der Waals surface area contributed by atoms with Crippen LogP contribution in [0, 0.1) is 0 Å².